The highest BCUT2D eigenvalue weighted by atomic mass is 19.1. The SMILES string of the molecule is Fc1cc2nc3n(c2cc1-c1ccc(C2CCOCC2)nc1)CCC3. The van der Waals surface area contributed by atoms with Crippen LogP contribution in [0.25, 0.3) is 22.2 Å². The van der Waals surface area contributed by atoms with E-state index in [1.807, 2.05) is 18.2 Å². The summed E-state index contributed by atoms with van der Waals surface area (Å²) in [5.74, 6) is 1.29. The van der Waals surface area contributed by atoms with Gasteiger partial charge in [0.2, 0.25) is 0 Å². The number of ether oxygens (including phenoxy) is 1. The molecule has 2 aromatic heterocycles. The second kappa shape index (κ2) is 5.92. The molecular formula is C20H20FN3O. The summed E-state index contributed by atoms with van der Waals surface area (Å²) in [5.41, 5.74) is 4.29. The molecule has 0 N–H and O–H groups in total. The van der Waals surface area contributed by atoms with Crippen LogP contribution in [0.2, 0.25) is 0 Å². The predicted molar refractivity (Wildman–Crippen MR) is 94.0 cm³/mol. The molecule has 0 amide bonds. The lowest BCUT2D eigenvalue weighted by atomic mass is 9.95. The Morgan fingerprint density at radius 2 is 2.04 bits per heavy atom. The number of aromatic nitrogens is 3. The van der Waals surface area contributed by atoms with Gasteiger partial charge in [0.05, 0.1) is 11.0 Å². The van der Waals surface area contributed by atoms with E-state index in [0.29, 0.717) is 11.5 Å². The van der Waals surface area contributed by atoms with Crippen molar-refractivity contribution < 1.29 is 9.13 Å². The predicted octanol–water partition coefficient (Wildman–Crippen LogP) is 4.08. The number of pyridine rings is 1. The Labute approximate surface area is 145 Å². The Balaban J connectivity index is 1.52. The van der Waals surface area contributed by atoms with E-state index < -0.39 is 0 Å². The van der Waals surface area contributed by atoms with Gasteiger partial charge < -0.3 is 9.30 Å². The van der Waals surface area contributed by atoms with Gasteiger partial charge in [0.1, 0.15) is 11.6 Å². The van der Waals surface area contributed by atoms with E-state index in [1.165, 1.54) is 0 Å². The summed E-state index contributed by atoms with van der Waals surface area (Å²) in [6.07, 6.45) is 5.92. The van der Waals surface area contributed by atoms with Gasteiger partial charge in [-0.2, -0.15) is 0 Å². The minimum Gasteiger partial charge on any atom is -0.381 e. The average Bonchev–Trinajstić information content (AvgIpc) is 3.23. The first-order valence-corrected chi connectivity index (χ1v) is 9.02. The first-order valence-electron chi connectivity index (χ1n) is 9.02. The fraction of sp³-hybridized carbons (Fsp3) is 0.400. The molecule has 0 atom stereocenters. The third-order valence-electron chi connectivity index (χ3n) is 5.44. The van der Waals surface area contributed by atoms with Crippen molar-refractivity contribution in [1.29, 1.82) is 0 Å². The molecule has 1 saturated heterocycles. The lowest BCUT2D eigenvalue weighted by molar-refractivity contribution is 0.0845. The molecule has 2 aliphatic heterocycles. The van der Waals surface area contributed by atoms with Crippen LogP contribution in [0.4, 0.5) is 4.39 Å². The molecule has 25 heavy (non-hydrogen) atoms. The molecule has 1 aromatic carbocycles. The third kappa shape index (κ3) is 2.54. The minimum absolute atomic E-state index is 0.232. The highest BCUT2D eigenvalue weighted by Crippen LogP contribution is 2.31. The molecule has 2 aliphatic rings. The third-order valence-corrected chi connectivity index (χ3v) is 5.44. The Bertz CT molecular complexity index is 926. The number of imidazole rings is 1. The minimum atomic E-state index is -0.232. The summed E-state index contributed by atoms with van der Waals surface area (Å²) in [4.78, 5) is 9.18. The van der Waals surface area contributed by atoms with E-state index in [2.05, 4.69) is 14.5 Å². The standard InChI is InChI=1S/C20H20FN3O/c21-16-11-18-19(24-7-1-2-20(24)23-18)10-15(16)14-3-4-17(22-12-14)13-5-8-25-9-6-13/h3-4,10-13H,1-2,5-9H2. The molecule has 0 bridgehead atoms. The number of hydrogen-bond donors (Lipinski definition) is 0. The number of rotatable bonds is 2. The maximum Gasteiger partial charge on any atom is 0.133 e. The quantitative estimate of drug-likeness (QED) is 0.707. The van der Waals surface area contributed by atoms with Crippen LogP contribution in [0.15, 0.2) is 30.5 Å². The second-order valence-corrected chi connectivity index (χ2v) is 6.96. The van der Waals surface area contributed by atoms with Crippen LogP contribution < -0.4 is 0 Å². The van der Waals surface area contributed by atoms with Crippen molar-refractivity contribution in [2.24, 2.45) is 0 Å². The monoisotopic (exact) mass is 337 g/mol. The van der Waals surface area contributed by atoms with Crippen LogP contribution in [-0.2, 0) is 17.7 Å². The van der Waals surface area contributed by atoms with E-state index in [1.54, 1.807) is 12.3 Å². The fourth-order valence-electron chi connectivity index (χ4n) is 4.05. The van der Waals surface area contributed by atoms with Gasteiger partial charge >= 0.3 is 0 Å². The lowest BCUT2D eigenvalue weighted by Crippen LogP contribution is -2.14. The van der Waals surface area contributed by atoms with Crippen molar-refractivity contribution >= 4 is 11.0 Å². The fourth-order valence-corrected chi connectivity index (χ4v) is 4.05. The molecule has 0 unspecified atom stereocenters. The Morgan fingerprint density at radius 1 is 1.16 bits per heavy atom. The van der Waals surface area contributed by atoms with E-state index in [4.69, 9.17) is 4.74 Å². The summed E-state index contributed by atoms with van der Waals surface area (Å²) in [5, 5.41) is 0. The zero-order chi connectivity index (χ0) is 16.8. The average molecular weight is 337 g/mol. The van der Waals surface area contributed by atoms with Crippen molar-refractivity contribution in [2.45, 2.75) is 38.1 Å². The van der Waals surface area contributed by atoms with Gasteiger partial charge in [0, 0.05) is 61.2 Å². The lowest BCUT2D eigenvalue weighted by Gasteiger charge is -2.21. The summed E-state index contributed by atoms with van der Waals surface area (Å²) >= 11 is 0. The summed E-state index contributed by atoms with van der Waals surface area (Å²) in [6.45, 7) is 2.56. The van der Waals surface area contributed by atoms with Crippen molar-refractivity contribution in [3.8, 4) is 11.1 Å². The van der Waals surface area contributed by atoms with Gasteiger partial charge in [-0.1, -0.05) is 6.07 Å². The highest BCUT2D eigenvalue weighted by Gasteiger charge is 2.20. The van der Waals surface area contributed by atoms with Crippen LogP contribution in [-0.4, -0.2) is 27.7 Å². The van der Waals surface area contributed by atoms with Crippen LogP contribution >= 0.6 is 0 Å². The molecule has 4 heterocycles. The number of hydrogen-bond acceptors (Lipinski definition) is 3. The number of halogens is 1. The largest absolute Gasteiger partial charge is 0.381 e. The summed E-state index contributed by atoms with van der Waals surface area (Å²) in [6, 6.07) is 7.51. The molecule has 3 aromatic rings. The van der Waals surface area contributed by atoms with Gasteiger partial charge in [-0.25, -0.2) is 9.37 Å². The van der Waals surface area contributed by atoms with Gasteiger partial charge in [0.15, 0.2) is 0 Å². The zero-order valence-electron chi connectivity index (χ0n) is 14.0. The number of benzene rings is 1. The molecule has 5 heteroatoms. The second-order valence-electron chi connectivity index (χ2n) is 6.96. The van der Waals surface area contributed by atoms with Gasteiger partial charge in [-0.15, -0.1) is 0 Å². The van der Waals surface area contributed by atoms with Crippen LogP contribution in [0.3, 0.4) is 0 Å². The summed E-state index contributed by atoms with van der Waals surface area (Å²) in [7, 11) is 0. The van der Waals surface area contributed by atoms with E-state index in [9.17, 15) is 4.39 Å². The molecule has 0 radical (unpaired) electrons. The smallest absolute Gasteiger partial charge is 0.133 e. The van der Waals surface area contributed by atoms with E-state index in [-0.39, 0.29) is 5.82 Å². The number of fused-ring (bicyclic) bond motifs is 3. The Hall–Kier alpha value is -2.27. The first-order chi connectivity index (χ1) is 12.3. The van der Waals surface area contributed by atoms with Gasteiger partial charge in [-0.05, 0) is 31.4 Å². The van der Waals surface area contributed by atoms with Crippen molar-refractivity contribution in [3.63, 3.8) is 0 Å². The molecule has 0 spiro atoms. The molecule has 0 aliphatic carbocycles. The Morgan fingerprint density at radius 3 is 2.84 bits per heavy atom. The summed E-state index contributed by atoms with van der Waals surface area (Å²) < 4.78 is 22.3. The van der Waals surface area contributed by atoms with Crippen molar-refractivity contribution in [1.82, 2.24) is 14.5 Å². The normalized spacial score (nSPS) is 18.0. The molecule has 1 fully saturated rings. The Kier molecular flexibility index (Phi) is 3.55. The first kappa shape index (κ1) is 15.0. The molecule has 5 rings (SSSR count). The van der Waals surface area contributed by atoms with E-state index >= 15 is 0 Å². The van der Waals surface area contributed by atoms with Crippen molar-refractivity contribution in [3.05, 3.63) is 47.8 Å². The topological polar surface area (TPSA) is 39.9 Å². The van der Waals surface area contributed by atoms with Gasteiger partial charge in [-0.3, -0.25) is 4.98 Å². The van der Waals surface area contributed by atoms with Crippen LogP contribution in [0.1, 0.15) is 36.7 Å². The molecular weight excluding hydrogens is 317 g/mol. The molecule has 128 valence electrons. The van der Waals surface area contributed by atoms with Crippen LogP contribution in [0.5, 0.6) is 0 Å². The van der Waals surface area contributed by atoms with E-state index in [0.717, 1.165) is 73.6 Å². The maximum atomic E-state index is 14.6. The number of nitrogens with zero attached hydrogens (tertiary/aromatic N) is 3. The number of aryl methyl sites for hydroxylation is 2. The molecule has 0 saturated carbocycles. The zero-order valence-corrected chi connectivity index (χ0v) is 14.0. The highest BCUT2D eigenvalue weighted by molar-refractivity contribution is 5.83. The molecule has 4 nitrogen and oxygen atoms in total. The van der Waals surface area contributed by atoms with Crippen LogP contribution in [0, 0.1) is 5.82 Å². The van der Waals surface area contributed by atoms with Crippen molar-refractivity contribution in [2.75, 3.05) is 13.2 Å². The maximum absolute atomic E-state index is 14.6. The van der Waals surface area contributed by atoms with Gasteiger partial charge in [0.25, 0.3) is 0 Å².